The lowest BCUT2D eigenvalue weighted by Gasteiger charge is -2.37. The Kier molecular flexibility index (Phi) is 2.63. The Morgan fingerprint density at radius 2 is 2.06 bits per heavy atom. The lowest BCUT2D eigenvalue weighted by atomic mass is 10.1. The van der Waals surface area contributed by atoms with Crippen molar-refractivity contribution >= 4 is 22.3 Å². The zero-order chi connectivity index (χ0) is 12.7. The van der Waals surface area contributed by atoms with Gasteiger partial charge < -0.3 is 15.4 Å². The molecule has 1 aliphatic rings. The first-order valence-electron chi connectivity index (χ1n) is 6.26. The van der Waals surface area contributed by atoms with Crippen molar-refractivity contribution in [2.24, 2.45) is 0 Å². The molecule has 5 nitrogen and oxygen atoms in total. The van der Waals surface area contributed by atoms with E-state index >= 15 is 0 Å². The molecule has 5 heteroatoms. The number of aromatic nitrogens is 2. The maximum Gasteiger partial charge on any atom is 0.0726 e. The second kappa shape index (κ2) is 4.17. The van der Waals surface area contributed by atoms with Crippen LogP contribution < -0.4 is 10.6 Å². The number of benzene rings is 1. The van der Waals surface area contributed by atoms with Crippen molar-refractivity contribution in [3.63, 3.8) is 0 Å². The van der Waals surface area contributed by atoms with Crippen LogP contribution in [0.15, 0.2) is 18.3 Å². The monoisotopic (exact) mass is 246 g/mol. The van der Waals surface area contributed by atoms with Crippen LogP contribution in [0.4, 0.5) is 11.4 Å². The van der Waals surface area contributed by atoms with Gasteiger partial charge in [-0.2, -0.15) is 5.10 Å². The molecule has 18 heavy (non-hydrogen) atoms. The number of nitrogens with two attached hydrogens (primary N) is 1. The molecule has 0 aliphatic carbocycles. The molecule has 3 rings (SSSR count). The maximum absolute atomic E-state index is 6.14. The first-order chi connectivity index (χ1) is 8.63. The SMILES string of the molecule is CC1CN(c2cc3[nH]ncc3cc2N)CC(C)O1. The average molecular weight is 246 g/mol. The van der Waals surface area contributed by atoms with E-state index in [0.717, 1.165) is 35.4 Å². The molecule has 1 saturated heterocycles. The van der Waals surface area contributed by atoms with Crippen molar-refractivity contribution < 1.29 is 4.74 Å². The molecular weight excluding hydrogens is 228 g/mol. The van der Waals surface area contributed by atoms with E-state index in [9.17, 15) is 0 Å². The molecule has 96 valence electrons. The standard InChI is InChI=1S/C13H18N4O/c1-8-6-17(7-9(2)18-8)13-4-12-10(3-11(13)14)5-15-16-12/h3-5,8-9H,6-7,14H2,1-2H3,(H,15,16). The van der Waals surface area contributed by atoms with Crippen LogP contribution in [0.3, 0.4) is 0 Å². The number of hydrogen-bond donors (Lipinski definition) is 2. The van der Waals surface area contributed by atoms with E-state index in [-0.39, 0.29) is 12.2 Å². The van der Waals surface area contributed by atoms with Gasteiger partial charge in [-0.1, -0.05) is 0 Å². The minimum Gasteiger partial charge on any atom is -0.397 e. The van der Waals surface area contributed by atoms with Crippen molar-refractivity contribution in [3.8, 4) is 0 Å². The highest BCUT2D eigenvalue weighted by molar-refractivity contribution is 5.88. The zero-order valence-corrected chi connectivity index (χ0v) is 10.7. The quantitative estimate of drug-likeness (QED) is 0.752. The van der Waals surface area contributed by atoms with Gasteiger partial charge in [0.25, 0.3) is 0 Å². The number of ether oxygens (including phenoxy) is 1. The molecular formula is C13H18N4O. The van der Waals surface area contributed by atoms with E-state index in [1.807, 2.05) is 6.07 Å². The molecule has 0 bridgehead atoms. The predicted molar refractivity (Wildman–Crippen MR) is 72.7 cm³/mol. The van der Waals surface area contributed by atoms with E-state index in [1.165, 1.54) is 0 Å². The Hall–Kier alpha value is -1.75. The first kappa shape index (κ1) is 11.3. The van der Waals surface area contributed by atoms with Crippen molar-refractivity contribution in [2.45, 2.75) is 26.1 Å². The number of aromatic amines is 1. The van der Waals surface area contributed by atoms with Gasteiger partial charge in [-0.15, -0.1) is 0 Å². The molecule has 0 radical (unpaired) electrons. The van der Waals surface area contributed by atoms with Crippen LogP contribution >= 0.6 is 0 Å². The molecule has 1 aromatic heterocycles. The minimum atomic E-state index is 0.227. The molecule has 2 atom stereocenters. The van der Waals surface area contributed by atoms with Crippen LogP contribution in [-0.2, 0) is 4.74 Å². The Morgan fingerprint density at radius 3 is 2.78 bits per heavy atom. The number of H-pyrrole nitrogens is 1. The van der Waals surface area contributed by atoms with Gasteiger partial charge in [0.05, 0.1) is 35.3 Å². The topological polar surface area (TPSA) is 67.2 Å². The summed E-state index contributed by atoms with van der Waals surface area (Å²) in [5.41, 5.74) is 9.02. The summed E-state index contributed by atoms with van der Waals surface area (Å²) >= 11 is 0. The van der Waals surface area contributed by atoms with Crippen molar-refractivity contribution in [2.75, 3.05) is 23.7 Å². The lowest BCUT2D eigenvalue weighted by Crippen LogP contribution is -2.45. The van der Waals surface area contributed by atoms with Gasteiger partial charge in [0.2, 0.25) is 0 Å². The second-order valence-electron chi connectivity index (χ2n) is 5.03. The van der Waals surface area contributed by atoms with Crippen molar-refractivity contribution in [1.82, 2.24) is 10.2 Å². The van der Waals surface area contributed by atoms with Gasteiger partial charge in [0.15, 0.2) is 0 Å². The van der Waals surface area contributed by atoms with Crippen molar-refractivity contribution in [1.29, 1.82) is 0 Å². The fraction of sp³-hybridized carbons (Fsp3) is 0.462. The number of morpholine rings is 1. The number of anilines is 2. The molecule has 2 heterocycles. The summed E-state index contributed by atoms with van der Waals surface area (Å²) in [7, 11) is 0. The van der Waals surface area contributed by atoms with Gasteiger partial charge in [-0.3, -0.25) is 5.10 Å². The Bertz CT molecular complexity index is 555. The summed E-state index contributed by atoms with van der Waals surface area (Å²) in [4.78, 5) is 2.29. The van der Waals surface area contributed by atoms with E-state index < -0.39 is 0 Å². The van der Waals surface area contributed by atoms with E-state index in [4.69, 9.17) is 10.5 Å². The molecule has 0 saturated carbocycles. The molecule has 1 aliphatic heterocycles. The summed E-state index contributed by atoms with van der Waals surface area (Å²) < 4.78 is 5.75. The number of rotatable bonds is 1. The molecule has 1 fully saturated rings. The lowest BCUT2D eigenvalue weighted by molar-refractivity contribution is -0.00516. The number of fused-ring (bicyclic) bond motifs is 1. The van der Waals surface area contributed by atoms with Crippen LogP contribution in [0.25, 0.3) is 10.9 Å². The Morgan fingerprint density at radius 1 is 1.33 bits per heavy atom. The number of hydrogen-bond acceptors (Lipinski definition) is 4. The van der Waals surface area contributed by atoms with Crippen LogP contribution in [-0.4, -0.2) is 35.5 Å². The third-order valence-electron chi connectivity index (χ3n) is 3.35. The maximum atomic E-state index is 6.14. The molecule has 2 aromatic rings. The van der Waals surface area contributed by atoms with Gasteiger partial charge >= 0.3 is 0 Å². The third kappa shape index (κ3) is 1.90. The van der Waals surface area contributed by atoms with Crippen molar-refractivity contribution in [3.05, 3.63) is 18.3 Å². The van der Waals surface area contributed by atoms with Gasteiger partial charge in [0, 0.05) is 18.5 Å². The highest BCUT2D eigenvalue weighted by Gasteiger charge is 2.23. The van der Waals surface area contributed by atoms with E-state index in [2.05, 4.69) is 35.0 Å². The Labute approximate surface area is 106 Å². The first-order valence-corrected chi connectivity index (χ1v) is 6.26. The van der Waals surface area contributed by atoms with Crippen LogP contribution in [0.1, 0.15) is 13.8 Å². The molecule has 2 unspecified atom stereocenters. The normalized spacial score (nSPS) is 24.7. The summed E-state index contributed by atoms with van der Waals surface area (Å²) in [6, 6.07) is 4.04. The summed E-state index contributed by atoms with van der Waals surface area (Å²) in [5, 5.41) is 8.07. The second-order valence-corrected chi connectivity index (χ2v) is 5.03. The highest BCUT2D eigenvalue weighted by Crippen LogP contribution is 2.30. The number of nitrogen functional groups attached to an aromatic ring is 1. The smallest absolute Gasteiger partial charge is 0.0726 e. The fourth-order valence-corrected chi connectivity index (χ4v) is 2.65. The van der Waals surface area contributed by atoms with E-state index in [1.54, 1.807) is 6.20 Å². The zero-order valence-electron chi connectivity index (χ0n) is 10.7. The Balaban J connectivity index is 1.99. The van der Waals surface area contributed by atoms with Gasteiger partial charge in [0.1, 0.15) is 0 Å². The summed E-state index contributed by atoms with van der Waals surface area (Å²) in [6.45, 7) is 5.92. The third-order valence-corrected chi connectivity index (χ3v) is 3.35. The summed E-state index contributed by atoms with van der Waals surface area (Å²) in [6.07, 6.45) is 2.25. The molecule has 1 aromatic carbocycles. The predicted octanol–water partition coefficient (Wildman–Crippen LogP) is 1.76. The summed E-state index contributed by atoms with van der Waals surface area (Å²) in [5.74, 6) is 0. The van der Waals surface area contributed by atoms with Crippen LogP contribution in [0, 0.1) is 0 Å². The van der Waals surface area contributed by atoms with Crippen LogP contribution in [0.5, 0.6) is 0 Å². The molecule has 0 spiro atoms. The minimum absolute atomic E-state index is 0.227. The molecule has 0 amide bonds. The largest absolute Gasteiger partial charge is 0.397 e. The highest BCUT2D eigenvalue weighted by atomic mass is 16.5. The molecule has 3 N–H and O–H groups in total. The number of nitrogens with one attached hydrogen (secondary N) is 1. The van der Waals surface area contributed by atoms with Gasteiger partial charge in [-0.05, 0) is 26.0 Å². The average Bonchev–Trinajstić information content (AvgIpc) is 2.73. The van der Waals surface area contributed by atoms with Crippen LogP contribution in [0.2, 0.25) is 0 Å². The fourth-order valence-electron chi connectivity index (χ4n) is 2.65. The number of nitrogens with zero attached hydrogens (tertiary/aromatic N) is 2. The van der Waals surface area contributed by atoms with Gasteiger partial charge in [-0.25, -0.2) is 0 Å². The van der Waals surface area contributed by atoms with E-state index in [0.29, 0.717) is 0 Å².